The van der Waals surface area contributed by atoms with E-state index in [-0.39, 0.29) is 11.7 Å². The minimum Gasteiger partial charge on any atom is -0.479 e. The van der Waals surface area contributed by atoms with Crippen LogP contribution >= 0.6 is 0 Å². The molecule has 1 aliphatic rings. The molecule has 0 radical (unpaired) electrons. The zero-order valence-corrected chi connectivity index (χ0v) is 13.3. The fraction of sp³-hybridized carbons (Fsp3) is 0.533. The minimum absolute atomic E-state index is 0.0496. The second-order valence-corrected chi connectivity index (χ2v) is 5.58. The van der Waals surface area contributed by atoms with Crippen LogP contribution in [0.3, 0.4) is 0 Å². The summed E-state index contributed by atoms with van der Waals surface area (Å²) in [6, 6.07) is 1.70. The second-order valence-electron chi connectivity index (χ2n) is 5.58. The van der Waals surface area contributed by atoms with Gasteiger partial charge in [-0.2, -0.15) is 4.98 Å². The molecule has 1 fully saturated rings. The van der Waals surface area contributed by atoms with Gasteiger partial charge in [0.1, 0.15) is 0 Å². The predicted molar refractivity (Wildman–Crippen MR) is 80.3 cm³/mol. The van der Waals surface area contributed by atoms with Crippen molar-refractivity contribution in [1.82, 2.24) is 24.9 Å². The van der Waals surface area contributed by atoms with Gasteiger partial charge in [-0.1, -0.05) is 5.16 Å². The molecule has 0 aromatic carbocycles. The van der Waals surface area contributed by atoms with Gasteiger partial charge in [0.05, 0.1) is 13.7 Å². The van der Waals surface area contributed by atoms with Crippen molar-refractivity contribution in [2.45, 2.75) is 20.0 Å². The Bertz CT molecular complexity index is 655. The molecule has 0 amide bonds. The van der Waals surface area contributed by atoms with Crippen LogP contribution < -0.4 is 4.74 Å². The van der Waals surface area contributed by atoms with Crippen LogP contribution in [0.4, 0.5) is 4.39 Å². The van der Waals surface area contributed by atoms with Crippen molar-refractivity contribution >= 4 is 0 Å². The van der Waals surface area contributed by atoms with Crippen LogP contribution in [0.5, 0.6) is 5.88 Å². The monoisotopic (exact) mass is 321 g/mol. The maximum absolute atomic E-state index is 14.1. The first-order valence-corrected chi connectivity index (χ1v) is 7.57. The molecule has 1 aliphatic heterocycles. The fourth-order valence-electron chi connectivity index (χ4n) is 2.68. The number of ether oxygens (including phenoxy) is 1. The van der Waals surface area contributed by atoms with Gasteiger partial charge in [-0.3, -0.25) is 9.80 Å². The maximum Gasteiger partial charge on any atom is 0.250 e. The molecule has 2 aromatic rings. The molecule has 0 saturated carbocycles. The SMILES string of the molecule is COc1nccc(CN2CCN(Cc3noc(C)n3)CC2)c1F. The van der Waals surface area contributed by atoms with Crippen LogP contribution in [0.2, 0.25) is 0 Å². The summed E-state index contributed by atoms with van der Waals surface area (Å²) in [6.07, 6.45) is 1.58. The molecule has 0 unspecified atom stereocenters. The summed E-state index contributed by atoms with van der Waals surface area (Å²) in [7, 11) is 1.42. The van der Waals surface area contributed by atoms with Crippen molar-refractivity contribution in [3.05, 3.63) is 35.4 Å². The fourth-order valence-corrected chi connectivity index (χ4v) is 2.68. The van der Waals surface area contributed by atoms with Crippen molar-refractivity contribution < 1.29 is 13.7 Å². The van der Waals surface area contributed by atoms with Gasteiger partial charge < -0.3 is 9.26 Å². The molecule has 3 rings (SSSR count). The number of pyridine rings is 1. The highest BCUT2D eigenvalue weighted by Gasteiger charge is 2.20. The van der Waals surface area contributed by atoms with E-state index < -0.39 is 0 Å². The molecule has 0 aliphatic carbocycles. The summed E-state index contributed by atoms with van der Waals surface area (Å²) < 4.78 is 24.1. The highest BCUT2D eigenvalue weighted by atomic mass is 19.1. The van der Waals surface area contributed by atoms with Crippen molar-refractivity contribution in [2.24, 2.45) is 0 Å². The Kier molecular flexibility index (Phi) is 4.82. The van der Waals surface area contributed by atoms with Crippen LogP contribution in [-0.2, 0) is 13.1 Å². The normalized spacial score (nSPS) is 16.7. The lowest BCUT2D eigenvalue weighted by Crippen LogP contribution is -2.45. The highest BCUT2D eigenvalue weighted by Crippen LogP contribution is 2.19. The van der Waals surface area contributed by atoms with Gasteiger partial charge in [0.25, 0.3) is 0 Å². The number of aromatic nitrogens is 3. The molecule has 124 valence electrons. The number of hydrogen-bond acceptors (Lipinski definition) is 7. The Morgan fingerprint density at radius 3 is 2.52 bits per heavy atom. The number of piperazine rings is 1. The Morgan fingerprint density at radius 2 is 1.91 bits per heavy atom. The topological polar surface area (TPSA) is 67.5 Å². The third-order valence-corrected chi connectivity index (χ3v) is 3.92. The molecule has 0 atom stereocenters. The highest BCUT2D eigenvalue weighted by molar-refractivity contribution is 5.23. The number of methoxy groups -OCH3 is 1. The molecule has 0 bridgehead atoms. The summed E-state index contributed by atoms with van der Waals surface area (Å²) in [4.78, 5) is 12.6. The Morgan fingerprint density at radius 1 is 1.22 bits per heavy atom. The lowest BCUT2D eigenvalue weighted by Gasteiger charge is -2.34. The van der Waals surface area contributed by atoms with E-state index in [0.29, 0.717) is 30.4 Å². The van der Waals surface area contributed by atoms with Crippen molar-refractivity contribution in [3.8, 4) is 5.88 Å². The standard InChI is InChI=1S/C15H20FN5O2/c1-11-18-13(19-23-11)10-21-7-5-20(6-8-21)9-12-3-4-17-15(22-2)14(12)16/h3-4H,5-10H2,1-2H3. The van der Waals surface area contributed by atoms with E-state index in [9.17, 15) is 4.39 Å². The summed E-state index contributed by atoms with van der Waals surface area (Å²) in [6.45, 7) is 6.52. The molecule has 2 aromatic heterocycles. The third kappa shape index (κ3) is 3.83. The Labute approximate surface area is 134 Å². The van der Waals surface area contributed by atoms with E-state index in [4.69, 9.17) is 9.26 Å². The zero-order valence-electron chi connectivity index (χ0n) is 13.3. The zero-order chi connectivity index (χ0) is 16.2. The van der Waals surface area contributed by atoms with E-state index in [1.54, 1.807) is 19.2 Å². The first-order valence-electron chi connectivity index (χ1n) is 7.57. The van der Waals surface area contributed by atoms with Crippen molar-refractivity contribution in [2.75, 3.05) is 33.3 Å². The molecule has 7 nitrogen and oxygen atoms in total. The smallest absolute Gasteiger partial charge is 0.250 e. The third-order valence-electron chi connectivity index (χ3n) is 3.92. The largest absolute Gasteiger partial charge is 0.479 e. The van der Waals surface area contributed by atoms with Gasteiger partial charge in [-0.15, -0.1) is 0 Å². The van der Waals surface area contributed by atoms with E-state index >= 15 is 0 Å². The first kappa shape index (κ1) is 15.8. The molecule has 1 saturated heterocycles. The summed E-state index contributed by atoms with van der Waals surface area (Å²) in [5, 5.41) is 3.92. The van der Waals surface area contributed by atoms with Crippen LogP contribution in [-0.4, -0.2) is 58.2 Å². The minimum atomic E-state index is -0.375. The average Bonchev–Trinajstić information content (AvgIpc) is 2.96. The number of rotatable bonds is 5. The lowest BCUT2D eigenvalue weighted by molar-refractivity contribution is 0.118. The van der Waals surface area contributed by atoms with Gasteiger partial charge in [0.15, 0.2) is 11.6 Å². The number of aryl methyl sites for hydroxylation is 1. The first-order chi connectivity index (χ1) is 11.2. The van der Waals surface area contributed by atoms with Crippen LogP contribution in [0.15, 0.2) is 16.8 Å². The van der Waals surface area contributed by atoms with E-state index in [0.717, 1.165) is 26.2 Å². The van der Waals surface area contributed by atoms with Gasteiger partial charge >= 0.3 is 0 Å². The van der Waals surface area contributed by atoms with Gasteiger partial charge in [0.2, 0.25) is 11.8 Å². The predicted octanol–water partition coefficient (Wildman–Crippen LogP) is 1.24. The Hall–Kier alpha value is -2.06. The van der Waals surface area contributed by atoms with Gasteiger partial charge in [0, 0.05) is 51.4 Å². The number of nitrogens with zero attached hydrogens (tertiary/aromatic N) is 5. The van der Waals surface area contributed by atoms with Crippen LogP contribution in [0, 0.1) is 12.7 Å². The lowest BCUT2D eigenvalue weighted by atomic mass is 10.2. The quantitative estimate of drug-likeness (QED) is 0.820. The number of hydrogen-bond donors (Lipinski definition) is 0. The second kappa shape index (κ2) is 7.01. The molecule has 23 heavy (non-hydrogen) atoms. The maximum atomic E-state index is 14.1. The van der Waals surface area contributed by atoms with Crippen LogP contribution in [0.25, 0.3) is 0 Å². The molecule has 0 N–H and O–H groups in total. The summed E-state index contributed by atoms with van der Waals surface area (Å²) >= 11 is 0. The summed E-state index contributed by atoms with van der Waals surface area (Å²) in [5.74, 6) is 0.968. The Balaban J connectivity index is 1.53. The van der Waals surface area contributed by atoms with E-state index in [1.165, 1.54) is 7.11 Å². The van der Waals surface area contributed by atoms with Crippen molar-refractivity contribution in [3.63, 3.8) is 0 Å². The summed E-state index contributed by atoms with van der Waals surface area (Å²) in [5.41, 5.74) is 0.610. The molecular formula is C15H20FN5O2. The van der Waals surface area contributed by atoms with Crippen LogP contribution in [0.1, 0.15) is 17.3 Å². The molecule has 3 heterocycles. The van der Waals surface area contributed by atoms with Crippen molar-refractivity contribution in [1.29, 1.82) is 0 Å². The molecule has 8 heteroatoms. The van der Waals surface area contributed by atoms with E-state index in [1.807, 2.05) is 0 Å². The average molecular weight is 321 g/mol. The molecular weight excluding hydrogens is 301 g/mol. The van der Waals surface area contributed by atoms with E-state index in [2.05, 4.69) is 24.9 Å². The number of halogens is 1. The molecule has 0 spiro atoms. The van der Waals surface area contributed by atoms with Gasteiger partial charge in [-0.25, -0.2) is 9.37 Å². The van der Waals surface area contributed by atoms with Gasteiger partial charge in [-0.05, 0) is 6.07 Å².